The molecule has 2 heterocycles. The van der Waals surface area contributed by atoms with Crippen LogP contribution in [0.2, 0.25) is 0 Å². The summed E-state index contributed by atoms with van der Waals surface area (Å²) in [5.74, 6) is 1.31. The van der Waals surface area contributed by atoms with Gasteiger partial charge in [-0.2, -0.15) is 0 Å². The number of hydrogen-bond donors (Lipinski definition) is 2. The number of thiophene rings is 1. The van der Waals surface area contributed by atoms with Gasteiger partial charge in [-0.3, -0.25) is 20.4 Å². The van der Waals surface area contributed by atoms with Crippen molar-refractivity contribution in [3.8, 4) is 11.5 Å². The van der Waals surface area contributed by atoms with Gasteiger partial charge in [0.2, 0.25) is 6.79 Å². The summed E-state index contributed by atoms with van der Waals surface area (Å²) in [7, 11) is 0. The molecular formula is C20H20N2O4S. The van der Waals surface area contributed by atoms with Crippen LogP contribution in [0, 0.1) is 5.92 Å². The molecular weight excluding hydrogens is 364 g/mol. The number of aryl methyl sites for hydroxylation is 1. The largest absolute Gasteiger partial charge is 0.454 e. The van der Waals surface area contributed by atoms with Crippen LogP contribution in [0.5, 0.6) is 11.5 Å². The van der Waals surface area contributed by atoms with Crippen molar-refractivity contribution >= 4 is 29.2 Å². The van der Waals surface area contributed by atoms with E-state index in [2.05, 4.69) is 17.8 Å². The summed E-state index contributed by atoms with van der Waals surface area (Å²) in [5.41, 5.74) is 6.96. The fourth-order valence-corrected chi connectivity index (χ4v) is 4.33. The summed E-state index contributed by atoms with van der Waals surface area (Å²) >= 11 is 1.51. The van der Waals surface area contributed by atoms with Crippen LogP contribution < -0.4 is 20.3 Å². The van der Waals surface area contributed by atoms with E-state index in [0.717, 1.165) is 24.8 Å². The van der Waals surface area contributed by atoms with Crippen LogP contribution >= 0.6 is 11.3 Å². The number of nitrogens with one attached hydrogen (secondary N) is 2. The van der Waals surface area contributed by atoms with Gasteiger partial charge in [-0.1, -0.05) is 13.0 Å². The Bertz CT molecular complexity index is 919. The highest BCUT2D eigenvalue weighted by molar-refractivity contribution is 7.14. The number of benzene rings is 1. The summed E-state index contributed by atoms with van der Waals surface area (Å²) < 4.78 is 10.6. The highest BCUT2D eigenvalue weighted by Gasteiger charge is 2.20. The fourth-order valence-electron chi connectivity index (χ4n) is 3.23. The Hall–Kier alpha value is -2.80. The highest BCUT2D eigenvalue weighted by Crippen LogP contribution is 2.33. The predicted octanol–water partition coefficient (Wildman–Crippen LogP) is 3.08. The van der Waals surface area contributed by atoms with Crippen molar-refractivity contribution in [3.05, 3.63) is 51.2 Å². The smallest absolute Gasteiger partial charge is 0.279 e. The number of hydrogen-bond acceptors (Lipinski definition) is 5. The highest BCUT2D eigenvalue weighted by atomic mass is 32.1. The number of carbonyl (C=O) groups is 2. The Morgan fingerprint density at radius 2 is 2.04 bits per heavy atom. The van der Waals surface area contributed by atoms with Gasteiger partial charge in [0.05, 0.1) is 4.88 Å². The molecule has 2 N–H and O–H groups in total. The lowest BCUT2D eigenvalue weighted by Crippen LogP contribution is -2.40. The summed E-state index contributed by atoms with van der Waals surface area (Å²) in [6.45, 7) is 2.44. The van der Waals surface area contributed by atoms with Crippen molar-refractivity contribution < 1.29 is 19.1 Å². The maximum Gasteiger partial charge on any atom is 0.279 e. The molecule has 2 amide bonds. The van der Waals surface area contributed by atoms with E-state index in [1.165, 1.54) is 27.9 Å². The van der Waals surface area contributed by atoms with E-state index >= 15 is 0 Å². The zero-order valence-electron chi connectivity index (χ0n) is 14.9. The Morgan fingerprint density at radius 1 is 1.19 bits per heavy atom. The van der Waals surface area contributed by atoms with Crippen LogP contribution in [0.1, 0.15) is 39.0 Å². The normalized spacial score (nSPS) is 17.6. The van der Waals surface area contributed by atoms with Crippen LogP contribution in [-0.2, 0) is 17.6 Å². The number of hydrazine groups is 1. The third-order valence-electron chi connectivity index (χ3n) is 4.68. The molecule has 2 aliphatic rings. The lowest BCUT2D eigenvalue weighted by Gasteiger charge is -2.16. The van der Waals surface area contributed by atoms with Crippen LogP contribution in [-0.4, -0.2) is 18.6 Å². The van der Waals surface area contributed by atoms with E-state index in [0.29, 0.717) is 22.3 Å². The number of carbonyl (C=O) groups excluding carboxylic acids is 2. The van der Waals surface area contributed by atoms with Crippen molar-refractivity contribution in [3.63, 3.8) is 0 Å². The van der Waals surface area contributed by atoms with Gasteiger partial charge in [0.25, 0.3) is 11.8 Å². The minimum absolute atomic E-state index is 0.208. The fraction of sp³-hybridized carbons (Fsp3) is 0.300. The van der Waals surface area contributed by atoms with E-state index in [1.807, 2.05) is 12.1 Å². The molecule has 2 aromatic rings. The molecule has 1 atom stereocenters. The first-order chi connectivity index (χ1) is 13.1. The lowest BCUT2D eigenvalue weighted by molar-refractivity contribution is -0.117. The first-order valence-electron chi connectivity index (χ1n) is 8.88. The Labute approximate surface area is 161 Å². The van der Waals surface area contributed by atoms with E-state index < -0.39 is 5.91 Å². The average molecular weight is 384 g/mol. The molecule has 27 heavy (non-hydrogen) atoms. The predicted molar refractivity (Wildman–Crippen MR) is 103 cm³/mol. The molecule has 1 aliphatic heterocycles. The molecule has 1 aliphatic carbocycles. The van der Waals surface area contributed by atoms with Crippen molar-refractivity contribution in [2.75, 3.05) is 6.79 Å². The first-order valence-corrected chi connectivity index (χ1v) is 9.70. The first kappa shape index (κ1) is 17.6. The number of ether oxygens (including phenoxy) is 2. The zero-order chi connectivity index (χ0) is 18.8. The van der Waals surface area contributed by atoms with Gasteiger partial charge in [0, 0.05) is 11.0 Å². The quantitative estimate of drug-likeness (QED) is 0.630. The summed E-state index contributed by atoms with van der Waals surface area (Å²) in [6.07, 6.45) is 6.21. The van der Waals surface area contributed by atoms with Crippen molar-refractivity contribution in [1.29, 1.82) is 0 Å². The number of amides is 2. The summed E-state index contributed by atoms with van der Waals surface area (Å²) in [6, 6.07) is 7.36. The summed E-state index contributed by atoms with van der Waals surface area (Å²) in [4.78, 5) is 26.2. The minimum atomic E-state index is -0.407. The van der Waals surface area contributed by atoms with Crippen LogP contribution in [0.25, 0.3) is 6.08 Å². The Balaban J connectivity index is 1.32. The van der Waals surface area contributed by atoms with Gasteiger partial charge < -0.3 is 9.47 Å². The molecule has 6 nitrogen and oxygen atoms in total. The molecule has 0 saturated carbocycles. The number of fused-ring (bicyclic) bond motifs is 2. The standard InChI is InChI=1S/C20H20N2O4S/c1-12-2-6-17-14(8-12)10-18(27-17)20(24)22-21-19(23)7-4-13-3-5-15-16(9-13)26-11-25-15/h3-5,7,9-10,12H,2,6,8,11H2,1H3,(H,21,23)(H,22,24)/b7-4+/t12-/m1/s1. The van der Waals surface area contributed by atoms with Crippen molar-refractivity contribution in [2.45, 2.75) is 26.2 Å². The van der Waals surface area contributed by atoms with Gasteiger partial charge in [-0.25, -0.2) is 0 Å². The molecule has 0 unspecified atom stereocenters. The van der Waals surface area contributed by atoms with E-state index in [-0.39, 0.29) is 12.7 Å². The third kappa shape index (κ3) is 3.98. The molecule has 0 saturated heterocycles. The maximum absolute atomic E-state index is 12.3. The molecule has 0 fully saturated rings. The second kappa shape index (κ2) is 7.44. The molecule has 140 valence electrons. The molecule has 7 heteroatoms. The Kier molecular flexibility index (Phi) is 4.85. The van der Waals surface area contributed by atoms with Gasteiger partial charge in [-0.15, -0.1) is 11.3 Å². The second-order valence-corrected chi connectivity index (χ2v) is 7.93. The van der Waals surface area contributed by atoms with Crippen molar-refractivity contribution in [2.24, 2.45) is 5.92 Å². The second-order valence-electron chi connectivity index (χ2n) is 6.80. The van der Waals surface area contributed by atoms with Gasteiger partial charge >= 0.3 is 0 Å². The average Bonchev–Trinajstić information content (AvgIpc) is 3.30. The van der Waals surface area contributed by atoms with Gasteiger partial charge in [0.15, 0.2) is 11.5 Å². The molecule has 1 aromatic carbocycles. The SMILES string of the molecule is C[C@@H]1CCc2sc(C(=O)NNC(=O)/C=C/c3ccc4c(c3)OCO4)cc2C1. The van der Waals surface area contributed by atoms with Gasteiger partial charge in [-0.05, 0) is 60.6 Å². The van der Waals surface area contributed by atoms with E-state index in [1.54, 1.807) is 18.2 Å². The monoisotopic (exact) mass is 384 g/mol. The van der Waals surface area contributed by atoms with Crippen LogP contribution in [0.15, 0.2) is 30.3 Å². The topological polar surface area (TPSA) is 76.7 Å². The lowest BCUT2D eigenvalue weighted by atomic mass is 9.90. The third-order valence-corrected chi connectivity index (χ3v) is 5.91. The molecule has 0 radical (unpaired) electrons. The maximum atomic E-state index is 12.3. The number of rotatable bonds is 3. The van der Waals surface area contributed by atoms with Crippen LogP contribution in [0.4, 0.5) is 0 Å². The van der Waals surface area contributed by atoms with E-state index in [4.69, 9.17) is 9.47 Å². The Morgan fingerprint density at radius 3 is 2.93 bits per heavy atom. The van der Waals surface area contributed by atoms with E-state index in [9.17, 15) is 9.59 Å². The molecule has 1 aromatic heterocycles. The van der Waals surface area contributed by atoms with Gasteiger partial charge in [0.1, 0.15) is 0 Å². The molecule has 0 spiro atoms. The molecule has 0 bridgehead atoms. The zero-order valence-corrected chi connectivity index (χ0v) is 15.7. The van der Waals surface area contributed by atoms with Crippen molar-refractivity contribution in [1.82, 2.24) is 10.9 Å². The van der Waals surface area contributed by atoms with Crippen LogP contribution in [0.3, 0.4) is 0 Å². The summed E-state index contributed by atoms with van der Waals surface area (Å²) in [5, 5.41) is 0. The molecule has 4 rings (SSSR count). The minimum Gasteiger partial charge on any atom is -0.454 e.